The molecule has 1 aromatic heterocycles. The highest BCUT2D eigenvalue weighted by Crippen LogP contribution is 2.27. The third kappa shape index (κ3) is 2.92. The van der Waals surface area contributed by atoms with E-state index in [-0.39, 0.29) is 22.8 Å². The molecule has 3 rings (SSSR count). The third-order valence-electron chi connectivity index (χ3n) is 3.11. The van der Waals surface area contributed by atoms with Crippen LogP contribution in [0.4, 0.5) is 0 Å². The Morgan fingerprint density at radius 3 is 2.91 bits per heavy atom. The maximum Gasteiger partial charge on any atom is 0.257 e. The minimum atomic E-state index is -0.219. The summed E-state index contributed by atoms with van der Waals surface area (Å²) >= 11 is 1.19. The van der Waals surface area contributed by atoms with E-state index in [1.54, 1.807) is 6.07 Å². The SMILES string of the molecule is COc1ccc(O)c(C(=O)CSc2nc3ccccc3o2)c1. The van der Waals surface area contributed by atoms with Crippen molar-refractivity contribution in [2.24, 2.45) is 0 Å². The van der Waals surface area contributed by atoms with Gasteiger partial charge in [-0.05, 0) is 30.3 Å². The summed E-state index contributed by atoms with van der Waals surface area (Å²) in [7, 11) is 1.51. The van der Waals surface area contributed by atoms with Crippen molar-refractivity contribution in [3.8, 4) is 11.5 Å². The first-order valence-corrected chi connectivity index (χ1v) is 7.54. The fourth-order valence-corrected chi connectivity index (χ4v) is 2.70. The number of nitrogens with zero attached hydrogens (tertiary/aromatic N) is 1. The fourth-order valence-electron chi connectivity index (χ4n) is 1.98. The standard InChI is InChI=1S/C16H13NO4S/c1-20-10-6-7-13(18)11(8-10)14(19)9-22-16-17-12-4-2-3-5-15(12)21-16/h2-8,18H,9H2,1H3. The van der Waals surface area contributed by atoms with Gasteiger partial charge in [-0.25, -0.2) is 4.98 Å². The molecule has 0 radical (unpaired) electrons. The van der Waals surface area contributed by atoms with Crippen molar-refractivity contribution in [2.45, 2.75) is 5.22 Å². The summed E-state index contributed by atoms with van der Waals surface area (Å²) < 4.78 is 10.6. The van der Waals surface area contributed by atoms with Crippen LogP contribution >= 0.6 is 11.8 Å². The Morgan fingerprint density at radius 1 is 1.32 bits per heavy atom. The van der Waals surface area contributed by atoms with Crippen LogP contribution in [0, 0.1) is 0 Å². The molecule has 0 amide bonds. The number of thioether (sulfide) groups is 1. The molecule has 0 spiro atoms. The van der Waals surface area contributed by atoms with Gasteiger partial charge in [0.05, 0.1) is 18.4 Å². The van der Waals surface area contributed by atoms with E-state index < -0.39 is 0 Å². The van der Waals surface area contributed by atoms with Gasteiger partial charge in [0.2, 0.25) is 0 Å². The molecule has 0 saturated heterocycles. The van der Waals surface area contributed by atoms with Crippen molar-refractivity contribution in [1.29, 1.82) is 0 Å². The highest BCUT2D eigenvalue weighted by molar-refractivity contribution is 7.99. The predicted octanol–water partition coefficient (Wildman–Crippen LogP) is 3.52. The molecule has 0 aliphatic rings. The lowest BCUT2D eigenvalue weighted by molar-refractivity contribution is 0.101. The summed E-state index contributed by atoms with van der Waals surface area (Å²) in [4.78, 5) is 16.5. The molecular weight excluding hydrogens is 302 g/mol. The van der Waals surface area contributed by atoms with Crippen LogP contribution in [0.25, 0.3) is 11.1 Å². The summed E-state index contributed by atoms with van der Waals surface area (Å²) in [6.45, 7) is 0. The molecule has 0 unspecified atom stereocenters. The molecule has 6 heteroatoms. The number of carbonyl (C=O) groups is 1. The van der Waals surface area contributed by atoms with Gasteiger partial charge in [-0.3, -0.25) is 4.79 Å². The molecule has 0 bridgehead atoms. The van der Waals surface area contributed by atoms with Gasteiger partial charge in [0.15, 0.2) is 11.4 Å². The van der Waals surface area contributed by atoms with Crippen LogP contribution in [0.1, 0.15) is 10.4 Å². The molecule has 1 N–H and O–H groups in total. The van der Waals surface area contributed by atoms with Crippen LogP contribution in [0.3, 0.4) is 0 Å². The smallest absolute Gasteiger partial charge is 0.257 e. The molecule has 0 saturated carbocycles. The number of hydrogen-bond donors (Lipinski definition) is 1. The van der Waals surface area contributed by atoms with E-state index in [0.717, 1.165) is 5.52 Å². The number of fused-ring (bicyclic) bond motifs is 1. The van der Waals surface area contributed by atoms with Gasteiger partial charge in [0, 0.05) is 0 Å². The van der Waals surface area contributed by atoms with Crippen LogP contribution in [0.5, 0.6) is 11.5 Å². The molecule has 2 aromatic carbocycles. The topological polar surface area (TPSA) is 72.6 Å². The number of Topliss-reactive ketones (excluding diaryl/α,β-unsaturated/α-hetero) is 1. The third-order valence-corrected chi connectivity index (χ3v) is 3.93. The molecule has 3 aromatic rings. The van der Waals surface area contributed by atoms with Crippen molar-refractivity contribution in [3.63, 3.8) is 0 Å². The number of oxazole rings is 1. The zero-order valence-corrected chi connectivity index (χ0v) is 12.6. The van der Waals surface area contributed by atoms with Crippen molar-refractivity contribution in [1.82, 2.24) is 4.98 Å². The lowest BCUT2D eigenvalue weighted by Crippen LogP contribution is -2.03. The molecule has 112 valence electrons. The number of phenols is 1. The van der Waals surface area contributed by atoms with E-state index in [2.05, 4.69) is 4.98 Å². The molecule has 1 heterocycles. The number of benzene rings is 2. The second-order valence-corrected chi connectivity index (χ2v) is 5.47. The Labute approximate surface area is 130 Å². The number of carbonyl (C=O) groups excluding carboxylic acids is 1. The summed E-state index contributed by atoms with van der Waals surface area (Å²) in [5.74, 6) is 0.355. The molecule has 0 aliphatic carbocycles. The first-order chi connectivity index (χ1) is 10.7. The average Bonchev–Trinajstić information content (AvgIpc) is 2.96. The number of aromatic nitrogens is 1. The summed E-state index contributed by atoms with van der Waals surface area (Å²) in [5, 5.41) is 10.2. The Balaban J connectivity index is 1.74. The summed E-state index contributed by atoms with van der Waals surface area (Å²) in [6.07, 6.45) is 0. The maximum absolute atomic E-state index is 12.2. The van der Waals surface area contributed by atoms with E-state index in [4.69, 9.17) is 9.15 Å². The van der Waals surface area contributed by atoms with Crippen LogP contribution in [-0.4, -0.2) is 28.7 Å². The lowest BCUT2D eigenvalue weighted by atomic mass is 10.1. The number of aromatic hydroxyl groups is 1. The molecular formula is C16H13NO4S. The number of ether oxygens (including phenoxy) is 1. The normalized spacial score (nSPS) is 10.8. The van der Waals surface area contributed by atoms with Gasteiger partial charge in [-0.1, -0.05) is 23.9 Å². The lowest BCUT2D eigenvalue weighted by Gasteiger charge is -2.05. The van der Waals surface area contributed by atoms with Gasteiger partial charge >= 0.3 is 0 Å². The van der Waals surface area contributed by atoms with E-state index in [1.807, 2.05) is 24.3 Å². The minimum absolute atomic E-state index is 0.0658. The van der Waals surface area contributed by atoms with Gasteiger partial charge < -0.3 is 14.3 Å². The Kier molecular flexibility index (Phi) is 4.02. The molecule has 0 atom stereocenters. The van der Waals surface area contributed by atoms with E-state index in [0.29, 0.717) is 16.6 Å². The van der Waals surface area contributed by atoms with Gasteiger partial charge in [-0.2, -0.15) is 0 Å². The van der Waals surface area contributed by atoms with E-state index in [1.165, 1.54) is 31.0 Å². The number of methoxy groups -OCH3 is 1. The Hall–Kier alpha value is -2.47. The van der Waals surface area contributed by atoms with Crippen molar-refractivity contribution in [3.05, 3.63) is 48.0 Å². The van der Waals surface area contributed by atoms with Crippen molar-refractivity contribution >= 4 is 28.6 Å². The van der Waals surface area contributed by atoms with Crippen LogP contribution in [0.15, 0.2) is 52.1 Å². The first kappa shape index (κ1) is 14.5. The Bertz CT molecular complexity index is 795. The fraction of sp³-hybridized carbons (Fsp3) is 0.125. The highest BCUT2D eigenvalue weighted by atomic mass is 32.2. The van der Waals surface area contributed by atoms with Crippen molar-refractivity contribution < 1.29 is 19.1 Å². The number of ketones is 1. The monoisotopic (exact) mass is 315 g/mol. The molecule has 0 fully saturated rings. The van der Waals surface area contributed by atoms with Gasteiger partial charge in [0.25, 0.3) is 5.22 Å². The van der Waals surface area contributed by atoms with Crippen molar-refractivity contribution in [2.75, 3.05) is 12.9 Å². The van der Waals surface area contributed by atoms with Crippen LogP contribution in [-0.2, 0) is 0 Å². The molecule has 5 nitrogen and oxygen atoms in total. The first-order valence-electron chi connectivity index (χ1n) is 6.56. The quantitative estimate of drug-likeness (QED) is 0.574. The van der Waals surface area contributed by atoms with E-state index in [9.17, 15) is 9.90 Å². The predicted molar refractivity (Wildman–Crippen MR) is 83.7 cm³/mol. The zero-order valence-electron chi connectivity index (χ0n) is 11.8. The summed E-state index contributed by atoms with van der Waals surface area (Å²) in [5.41, 5.74) is 1.66. The van der Waals surface area contributed by atoms with Gasteiger partial charge in [-0.15, -0.1) is 0 Å². The highest BCUT2D eigenvalue weighted by Gasteiger charge is 2.15. The minimum Gasteiger partial charge on any atom is -0.507 e. The zero-order chi connectivity index (χ0) is 15.5. The average molecular weight is 315 g/mol. The number of hydrogen-bond acceptors (Lipinski definition) is 6. The second-order valence-electron chi connectivity index (χ2n) is 4.54. The molecule has 22 heavy (non-hydrogen) atoms. The van der Waals surface area contributed by atoms with Gasteiger partial charge in [0.1, 0.15) is 17.0 Å². The second kappa shape index (κ2) is 6.11. The number of phenolic OH excluding ortho intramolecular Hbond substituents is 1. The maximum atomic E-state index is 12.2. The van der Waals surface area contributed by atoms with E-state index >= 15 is 0 Å². The Morgan fingerprint density at radius 2 is 2.14 bits per heavy atom. The number of para-hydroxylation sites is 2. The van der Waals surface area contributed by atoms with Crippen LogP contribution < -0.4 is 4.74 Å². The molecule has 0 aliphatic heterocycles. The van der Waals surface area contributed by atoms with Crippen LogP contribution in [0.2, 0.25) is 0 Å². The summed E-state index contributed by atoms with van der Waals surface area (Å²) in [6, 6.07) is 12.0. The number of rotatable bonds is 5. The largest absolute Gasteiger partial charge is 0.507 e.